The van der Waals surface area contributed by atoms with Crippen LogP contribution in [0.4, 0.5) is 8.78 Å². The Morgan fingerprint density at radius 1 is 1.20 bits per heavy atom. The number of Topliss-reactive ketones (excluding diaryl/α,β-unsaturated/α-hetero) is 1. The third-order valence-electron chi connectivity index (χ3n) is 3.72. The molecule has 0 bridgehead atoms. The Balaban J connectivity index is 1.70. The molecular formula is C19H15ClF2N4O4. The lowest BCUT2D eigenvalue weighted by molar-refractivity contribution is -0.145. The summed E-state index contributed by atoms with van der Waals surface area (Å²) in [5, 5.41) is 7.69. The van der Waals surface area contributed by atoms with E-state index in [2.05, 4.69) is 15.3 Å². The molecule has 0 N–H and O–H groups in total. The minimum absolute atomic E-state index is 0.00919. The van der Waals surface area contributed by atoms with Gasteiger partial charge in [-0.2, -0.15) is 0 Å². The van der Waals surface area contributed by atoms with Crippen molar-refractivity contribution < 1.29 is 27.8 Å². The van der Waals surface area contributed by atoms with Crippen LogP contribution in [0.5, 0.6) is 11.6 Å². The van der Waals surface area contributed by atoms with Crippen LogP contribution in [0.3, 0.4) is 0 Å². The summed E-state index contributed by atoms with van der Waals surface area (Å²) in [6.07, 6.45) is 2.03. The van der Waals surface area contributed by atoms with Crippen LogP contribution >= 0.6 is 11.6 Å². The lowest BCUT2D eigenvalue weighted by atomic mass is 10.2. The Morgan fingerprint density at radius 2 is 2.00 bits per heavy atom. The van der Waals surface area contributed by atoms with Crippen molar-refractivity contribution in [2.24, 2.45) is 0 Å². The molecule has 30 heavy (non-hydrogen) atoms. The van der Waals surface area contributed by atoms with Gasteiger partial charge in [-0.05, 0) is 25.1 Å². The van der Waals surface area contributed by atoms with Gasteiger partial charge in [-0.25, -0.2) is 18.4 Å². The summed E-state index contributed by atoms with van der Waals surface area (Å²) in [5.74, 6) is -2.88. The topological polar surface area (TPSA) is 96.2 Å². The second-order valence-corrected chi connectivity index (χ2v) is 6.44. The van der Waals surface area contributed by atoms with Gasteiger partial charge in [0.2, 0.25) is 0 Å². The zero-order valence-electron chi connectivity index (χ0n) is 15.6. The molecule has 0 saturated carbocycles. The van der Waals surface area contributed by atoms with E-state index in [-0.39, 0.29) is 47.5 Å². The number of carbonyl (C=O) groups is 2. The molecule has 11 heteroatoms. The fraction of sp³-hybridized carbons (Fsp3) is 0.211. The van der Waals surface area contributed by atoms with Crippen LogP contribution in [-0.4, -0.2) is 38.3 Å². The number of ketones is 1. The van der Waals surface area contributed by atoms with Crippen LogP contribution in [0.2, 0.25) is 5.02 Å². The van der Waals surface area contributed by atoms with Crippen LogP contribution in [0.15, 0.2) is 36.7 Å². The molecule has 2 heterocycles. The van der Waals surface area contributed by atoms with Gasteiger partial charge in [-0.15, -0.1) is 5.10 Å². The maximum absolute atomic E-state index is 14.5. The fourth-order valence-corrected chi connectivity index (χ4v) is 2.60. The van der Waals surface area contributed by atoms with Crippen molar-refractivity contribution in [1.82, 2.24) is 20.0 Å². The molecule has 0 radical (unpaired) electrons. The summed E-state index contributed by atoms with van der Waals surface area (Å²) in [6.45, 7) is 1.82. The summed E-state index contributed by atoms with van der Waals surface area (Å²) in [5.41, 5.74) is 0.292. The van der Waals surface area contributed by atoms with Gasteiger partial charge >= 0.3 is 5.97 Å². The van der Waals surface area contributed by atoms with Gasteiger partial charge in [0.15, 0.2) is 11.6 Å². The van der Waals surface area contributed by atoms with Crippen LogP contribution < -0.4 is 4.74 Å². The van der Waals surface area contributed by atoms with E-state index in [1.54, 1.807) is 6.92 Å². The predicted molar refractivity (Wildman–Crippen MR) is 101 cm³/mol. The van der Waals surface area contributed by atoms with Gasteiger partial charge < -0.3 is 9.47 Å². The van der Waals surface area contributed by atoms with Crippen molar-refractivity contribution in [1.29, 1.82) is 0 Å². The van der Waals surface area contributed by atoms with Crippen LogP contribution in [0.25, 0.3) is 5.69 Å². The molecular weight excluding hydrogens is 422 g/mol. The molecule has 0 unspecified atom stereocenters. The molecule has 8 nitrogen and oxygen atoms in total. The predicted octanol–water partition coefficient (Wildman–Crippen LogP) is 3.45. The highest BCUT2D eigenvalue weighted by Gasteiger charge is 2.15. The maximum atomic E-state index is 14.5. The second-order valence-electron chi connectivity index (χ2n) is 6.01. The normalized spacial score (nSPS) is 10.7. The number of hydrogen-bond donors (Lipinski definition) is 0. The first-order valence-corrected chi connectivity index (χ1v) is 9.11. The largest absolute Gasteiger partial charge is 0.466 e. The highest BCUT2D eigenvalue weighted by molar-refractivity contribution is 6.30. The molecule has 0 spiro atoms. The smallest absolute Gasteiger partial charge is 0.313 e. The Labute approximate surface area is 174 Å². The third kappa shape index (κ3) is 5.35. The first-order chi connectivity index (χ1) is 14.4. The summed E-state index contributed by atoms with van der Waals surface area (Å²) in [4.78, 5) is 26.9. The molecule has 2 aromatic heterocycles. The zero-order valence-corrected chi connectivity index (χ0v) is 16.4. The van der Waals surface area contributed by atoms with Crippen molar-refractivity contribution in [3.05, 3.63) is 59.0 Å². The molecule has 1 aromatic carbocycles. The Kier molecular flexibility index (Phi) is 6.68. The molecule has 3 rings (SSSR count). The molecule has 0 aliphatic heterocycles. The Hall–Kier alpha value is -3.40. The number of nitrogens with zero attached hydrogens (tertiary/aromatic N) is 4. The monoisotopic (exact) mass is 436 g/mol. The van der Waals surface area contributed by atoms with E-state index in [0.717, 1.165) is 16.8 Å². The summed E-state index contributed by atoms with van der Waals surface area (Å²) >= 11 is 5.63. The van der Waals surface area contributed by atoms with E-state index in [9.17, 15) is 18.4 Å². The van der Waals surface area contributed by atoms with Crippen molar-refractivity contribution in [3.63, 3.8) is 0 Å². The average Bonchev–Trinajstić information content (AvgIpc) is 3.12. The van der Waals surface area contributed by atoms with Crippen molar-refractivity contribution in [2.75, 3.05) is 6.61 Å². The van der Waals surface area contributed by atoms with E-state index in [4.69, 9.17) is 21.1 Å². The zero-order chi connectivity index (χ0) is 21.7. The minimum atomic E-state index is -0.791. The van der Waals surface area contributed by atoms with E-state index < -0.39 is 23.4 Å². The number of aromatic nitrogens is 4. The molecule has 0 atom stereocenters. The fourth-order valence-electron chi connectivity index (χ4n) is 2.46. The minimum Gasteiger partial charge on any atom is -0.466 e. The number of hydrogen-bond acceptors (Lipinski definition) is 7. The number of benzene rings is 1. The number of pyridine rings is 1. The van der Waals surface area contributed by atoms with E-state index in [1.165, 1.54) is 24.5 Å². The number of carbonyl (C=O) groups excluding carboxylic acids is 2. The highest BCUT2D eigenvalue weighted by Crippen LogP contribution is 2.26. The number of esters is 1. The lowest BCUT2D eigenvalue weighted by Gasteiger charge is -2.08. The van der Waals surface area contributed by atoms with Gasteiger partial charge in [0.05, 0.1) is 29.9 Å². The maximum Gasteiger partial charge on any atom is 0.313 e. The lowest BCUT2D eigenvalue weighted by Crippen LogP contribution is -2.13. The number of halogens is 3. The molecule has 156 valence electrons. The van der Waals surface area contributed by atoms with Crippen molar-refractivity contribution >= 4 is 23.4 Å². The standard InChI is InChI=1S/C19H15ClF2N4O4/c1-2-29-18(28)7-13(27)6-12-10-26(25-24-12)17-4-3-14(8-15(17)21)30-19-16(22)5-11(20)9-23-19/h3-5,8-10H,2,6-7H2,1H3. The van der Waals surface area contributed by atoms with Gasteiger partial charge in [0.25, 0.3) is 5.88 Å². The second kappa shape index (κ2) is 9.40. The molecule has 3 aromatic rings. The first-order valence-electron chi connectivity index (χ1n) is 8.73. The molecule has 0 fully saturated rings. The summed E-state index contributed by atoms with van der Waals surface area (Å²) in [7, 11) is 0. The Bertz CT molecular complexity index is 1090. The third-order valence-corrected chi connectivity index (χ3v) is 3.93. The molecule has 0 aliphatic carbocycles. The number of ether oxygens (including phenoxy) is 2. The summed E-state index contributed by atoms with van der Waals surface area (Å²) < 4.78 is 39.3. The molecule has 0 amide bonds. The van der Waals surface area contributed by atoms with Gasteiger partial charge in [0.1, 0.15) is 23.6 Å². The van der Waals surface area contributed by atoms with Gasteiger partial charge in [0, 0.05) is 12.3 Å². The van der Waals surface area contributed by atoms with Crippen LogP contribution in [-0.2, 0) is 20.7 Å². The molecule has 0 aliphatic rings. The highest BCUT2D eigenvalue weighted by atomic mass is 35.5. The van der Waals surface area contributed by atoms with Crippen LogP contribution in [0, 0.1) is 11.6 Å². The summed E-state index contributed by atoms with van der Waals surface area (Å²) in [6, 6.07) is 4.78. The molecule has 0 saturated heterocycles. The first kappa shape index (κ1) is 21.3. The quantitative estimate of drug-likeness (QED) is 0.394. The number of rotatable bonds is 8. The van der Waals surface area contributed by atoms with Crippen molar-refractivity contribution in [3.8, 4) is 17.3 Å². The van der Waals surface area contributed by atoms with Crippen LogP contribution in [0.1, 0.15) is 19.0 Å². The van der Waals surface area contributed by atoms with Crippen molar-refractivity contribution in [2.45, 2.75) is 19.8 Å². The van der Waals surface area contributed by atoms with Gasteiger partial charge in [-0.3, -0.25) is 9.59 Å². The van der Waals surface area contributed by atoms with E-state index in [1.807, 2.05) is 0 Å². The van der Waals surface area contributed by atoms with E-state index >= 15 is 0 Å². The van der Waals surface area contributed by atoms with Gasteiger partial charge in [-0.1, -0.05) is 16.8 Å². The Morgan fingerprint density at radius 3 is 2.70 bits per heavy atom. The average molecular weight is 437 g/mol. The van der Waals surface area contributed by atoms with E-state index in [0.29, 0.717) is 0 Å². The SMILES string of the molecule is CCOC(=O)CC(=O)Cc1cn(-c2ccc(Oc3ncc(Cl)cc3F)cc2F)nn1.